The van der Waals surface area contributed by atoms with Crippen molar-refractivity contribution < 1.29 is 9.47 Å². The van der Waals surface area contributed by atoms with E-state index in [1.54, 1.807) is 0 Å². The van der Waals surface area contributed by atoms with Gasteiger partial charge in [0.05, 0.1) is 6.61 Å². The largest absolute Gasteiger partial charge is 0.451 e. The molecule has 0 fully saturated rings. The van der Waals surface area contributed by atoms with Crippen molar-refractivity contribution >= 4 is 6.08 Å². The van der Waals surface area contributed by atoms with Crippen LogP contribution in [-0.4, -0.2) is 24.8 Å². The van der Waals surface area contributed by atoms with Crippen molar-refractivity contribution in [3.63, 3.8) is 0 Å². The van der Waals surface area contributed by atoms with E-state index in [1.807, 2.05) is 20.8 Å². The molecule has 0 radical (unpaired) electrons. The van der Waals surface area contributed by atoms with Crippen LogP contribution in [0.3, 0.4) is 0 Å². The summed E-state index contributed by atoms with van der Waals surface area (Å²) in [4.78, 5) is 4.09. The van der Waals surface area contributed by atoms with Gasteiger partial charge in [0.15, 0.2) is 0 Å². The van der Waals surface area contributed by atoms with Crippen LogP contribution >= 0.6 is 0 Å². The molecule has 0 spiro atoms. The summed E-state index contributed by atoms with van der Waals surface area (Å²) in [7, 11) is 0. The Morgan fingerprint density at radius 2 is 2.18 bits per heavy atom. The lowest BCUT2D eigenvalue weighted by molar-refractivity contribution is 0.0522. The molecule has 0 unspecified atom stereocenters. The number of hydrogen-bond donors (Lipinski definition) is 0. The lowest BCUT2D eigenvalue weighted by Gasteiger charge is -2.23. The average Bonchev–Trinajstić information content (AvgIpc) is 1.85. The molecule has 0 atom stereocenters. The van der Waals surface area contributed by atoms with Crippen LogP contribution in [0, 0.1) is 0 Å². The van der Waals surface area contributed by atoms with Gasteiger partial charge in [0.2, 0.25) is 0 Å². The highest BCUT2D eigenvalue weighted by Crippen LogP contribution is 2.10. The second kappa shape index (κ2) is 3.11. The summed E-state index contributed by atoms with van der Waals surface area (Å²) in [5, 5.41) is 0. The fraction of sp³-hybridized carbons (Fsp3) is 0.875. The molecule has 0 bridgehead atoms. The standard InChI is InChI=1S/C8H15NO2/c1-8(2,3)11-7-9-5-4-6-10-7/h4-6H2,1-3H3. The molecule has 1 aliphatic heterocycles. The van der Waals surface area contributed by atoms with Gasteiger partial charge in [0.1, 0.15) is 5.60 Å². The van der Waals surface area contributed by atoms with Crippen LogP contribution in [0.5, 0.6) is 0 Å². The first-order valence-corrected chi connectivity index (χ1v) is 3.94. The third kappa shape index (κ3) is 3.25. The molecule has 0 amide bonds. The van der Waals surface area contributed by atoms with E-state index in [0.29, 0.717) is 6.08 Å². The van der Waals surface area contributed by atoms with Crippen LogP contribution in [0.1, 0.15) is 27.2 Å². The molecule has 3 heteroatoms. The van der Waals surface area contributed by atoms with Crippen LogP contribution in [0.4, 0.5) is 0 Å². The summed E-state index contributed by atoms with van der Waals surface area (Å²) in [6, 6.07) is 0. The van der Waals surface area contributed by atoms with Gasteiger partial charge >= 0.3 is 6.08 Å². The Balaban J connectivity index is 2.42. The third-order valence-electron chi connectivity index (χ3n) is 1.16. The lowest BCUT2D eigenvalue weighted by atomic mass is 10.2. The Labute approximate surface area is 67.4 Å². The summed E-state index contributed by atoms with van der Waals surface area (Å²) in [5.41, 5.74) is -0.198. The summed E-state index contributed by atoms with van der Waals surface area (Å²) < 4.78 is 10.6. The fourth-order valence-electron chi connectivity index (χ4n) is 0.764. The van der Waals surface area contributed by atoms with E-state index >= 15 is 0 Å². The maximum Gasteiger partial charge on any atom is 0.383 e. The first-order chi connectivity index (χ1) is 5.08. The highest BCUT2D eigenvalue weighted by molar-refractivity contribution is 5.67. The minimum atomic E-state index is -0.198. The zero-order valence-electron chi connectivity index (χ0n) is 7.39. The van der Waals surface area contributed by atoms with Gasteiger partial charge in [-0.2, -0.15) is 0 Å². The Morgan fingerprint density at radius 3 is 2.64 bits per heavy atom. The van der Waals surface area contributed by atoms with Crippen LogP contribution in [-0.2, 0) is 9.47 Å². The number of nitrogens with zero attached hydrogens (tertiary/aromatic N) is 1. The summed E-state index contributed by atoms with van der Waals surface area (Å²) in [6.45, 7) is 7.49. The van der Waals surface area contributed by atoms with E-state index in [1.165, 1.54) is 0 Å². The van der Waals surface area contributed by atoms with Gasteiger partial charge in [-0.1, -0.05) is 0 Å². The Hall–Kier alpha value is -0.730. The zero-order valence-corrected chi connectivity index (χ0v) is 7.39. The maximum absolute atomic E-state index is 5.41. The predicted octanol–water partition coefficient (Wildman–Crippen LogP) is 1.58. The van der Waals surface area contributed by atoms with E-state index in [9.17, 15) is 0 Å². The molecule has 64 valence electrons. The molecule has 0 saturated carbocycles. The summed E-state index contributed by atoms with van der Waals surface area (Å²) >= 11 is 0. The van der Waals surface area contributed by atoms with Crippen molar-refractivity contribution in [3.05, 3.63) is 0 Å². The molecule has 0 saturated heterocycles. The molecule has 0 N–H and O–H groups in total. The van der Waals surface area contributed by atoms with Crippen LogP contribution < -0.4 is 0 Å². The lowest BCUT2D eigenvalue weighted by Crippen LogP contribution is -2.27. The quantitative estimate of drug-likeness (QED) is 0.534. The van der Waals surface area contributed by atoms with E-state index < -0.39 is 0 Å². The minimum Gasteiger partial charge on any atom is -0.451 e. The van der Waals surface area contributed by atoms with Crippen molar-refractivity contribution in [1.82, 2.24) is 0 Å². The molecule has 0 aromatic carbocycles. The average molecular weight is 157 g/mol. The van der Waals surface area contributed by atoms with Gasteiger partial charge < -0.3 is 9.47 Å². The Kier molecular flexibility index (Phi) is 2.37. The van der Waals surface area contributed by atoms with Gasteiger partial charge in [0, 0.05) is 13.0 Å². The molecule has 1 heterocycles. The van der Waals surface area contributed by atoms with Gasteiger partial charge in [-0.3, -0.25) is 0 Å². The maximum atomic E-state index is 5.41. The number of rotatable bonds is 0. The van der Waals surface area contributed by atoms with Crippen LogP contribution in [0.2, 0.25) is 0 Å². The number of hydrogen-bond acceptors (Lipinski definition) is 3. The summed E-state index contributed by atoms with van der Waals surface area (Å²) in [6.07, 6.45) is 1.44. The third-order valence-corrected chi connectivity index (χ3v) is 1.16. The van der Waals surface area contributed by atoms with Gasteiger partial charge in [0.25, 0.3) is 0 Å². The molecule has 1 rings (SSSR count). The second-order valence-corrected chi connectivity index (χ2v) is 3.56. The molecule has 0 aromatic heterocycles. The highest BCUT2D eigenvalue weighted by atomic mass is 16.7. The smallest absolute Gasteiger partial charge is 0.383 e. The van der Waals surface area contributed by atoms with E-state index in [2.05, 4.69) is 4.99 Å². The van der Waals surface area contributed by atoms with Crippen molar-refractivity contribution in [2.45, 2.75) is 32.8 Å². The second-order valence-electron chi connectivity index (χ2n) is 3.56. The molecule has 3 nitrogen and oxygen atoms in total. The molecular weight excluding hydrogens is 142 g/mol. The minimum absolute atomic E-state index is 0.198. The van der Waals surface area contributed by atoms with E-state index in [-0.39, 0.29) is 5.60 Å². The van der Waals surface area contributed by atoms with Crippen molar-refractivity contribution in [3.8, 4) is 0 Å². The normalized spacial score (nSPS) is 18.6. The van der Waals surface area contributed by atoms with Gasteiger partial charge in [-0.15, -0.1) is 0 Å². The fourth-order valence-corrected chi connectivity index (χ4v) is 0.764. The predicted molar refractivity (Wildman–Crippen MR) is 43.7 cm³/mol. The Morgan fingerprint density at radius 1 is 1.45 bits per heavy atom. The first-order valence-electron chi connectivity index (χ1n) is 3.94. The van der Waals surface area contributed by atoms with E-state index in [0.717, 1.165) is 19.6 Å². The van der Waals surface area contributed by atoms with Gasteiger partial charge in [-0.25, -0.2) is 4.99 Å². The molecule has 11 heavy (non-hydrogen) atoms. The van der Waals surface area contributed by atoms with Crippen LogP contribution in [0.25, 0.3) is 0 Å². The Bertz CT molecular complexity index is 158. The van der Waals surface area contributed by atoms with E-state index in [4.69, 9.17) is 9.47 Å². The SMILES string of the molecule is CC(C)(C)OC1=NCCCO1. The van der Waals surface area contributed by atoms with Crippen molar-refractivity contribution in [1.29, 1.82) is 0 Å². The van der Waals surface area contributed by atoms with Gasteiger partial charge in [-0.05, 0) is 20.8 Å². The molecule has 0 aromatic rings. The highest BCUT2D eigenvalue weighted by Gasteiger charge is 2.17. The topological polar surface area (TPSA) is 30.8 Å². The number of aliphatic imine (C=N–C) groups is 1. The summed E-state index contributed by atoms with van der Waals surface area (Å²) in [5.74, 6) is 0. The molecule has 0 aliphatic carbocycles. The molecular formula is C8H15NO2. The monoisotopic (exact) mass is 157 g/mol. The number of ether oxygens (including phenoxy) is 2. The first kappa shape index (κ1) is 8.37. The van der Waals surface area contributed by atoms with Crippen LogP contribution in [0.15, 0.2) is 4.99 Å². The molecule has 1 aliphatic rings. The van der Waals surface area contributed by atoms with Crippen molar-refractivity contribution in [2.24, 2.45) is 4.99 Å². The zero-order chi connectivity index (χ0) is 8.32. The van der Waals surface area contributed by atoms with Crippen molar-refractivity contribution in [2.75, 3.05) is 13.2 Å².